The Morgan fingerprint density at radius 1 is 1.20 bits per heavy atom. The summed E-state index contributed by atoms with van der Waals surface area (Å²) in [6.07, 6.45) is 11.2. The minimum atomic E-state index is -0.0299. The first kappa shape index (κ1) is 11.1. The standard InChI is InChI=1S/C13H12O2/c1-3-11(5-4-10(2)14)12-6-8-13(15)9-7-12/h3-9H,1H2,2H3. The van der Waals surface area contributed by atoms with Crippen molar-refractivity contribution in [1.29, 1.82) is 0 Å². The Balaban J connectivity index is 3.00. The van der Waals surface area contributed by atoms with Gasteiger partial charge in [0, 0.05) is 0 Å². The summed E-state index contributed by atoms with van der Waals surface area (Å²) in [5.41, 5.74) is 1.70. The maximum Gasteiger partial charge on any atom is 0.178 e. The van der Waals surface area contributed by atoms with Crippen LogP contribution in [0.15, 0.2) is 60.3 Å². The van der Waals surface area contributed by atoms with Gasteiger partial charge in [-0.1, -0.05) is 30.9 Å². The molecule has 0 aliphatic heterocycles. The van der Waals surface area contributed by atoms with E-state index in [2.05, 4.69) is 6.58 Å². The summed E-state index contributed by atoms with van der Waals surface area (Å²) in [5, 5.41) is 0. The number of hydrogen-bond donors (Lipinski definition) is 0. The molecule has 1 aliphatic carbocycles. The molecular weight excluding hydrogens is 188 g/mol. The Kier molecular flexibility index (Phi) is 3.75. The van der Waals surface area contributed by atoms with Crippen molar-refractivity contribution in [3.63, 3.8) is 0 Å². The number of allylic oxidation sites excluding steroid dienone is 9. The fourth-order valence-electron chi connectivity index (χ4n) is 1.14. The molecule has 0 aromatic heterocycles. The van der Waals surface area contributed by atoms with Gasteiger partial charge in [0.1, 0.15) is 0 Å². The molecule has 15 heavy (non-hydrogen) atoms. The highest BCUT2D eigenvalue weighted by molar-refractivity contribution is 6.01. The van der Waals surface area contributed by atoms with E-state index in [9.17, 15) is 9.59 Å². The molecule has 1 rings (SSSR count). The van der Waals surface area contributed by atoms with Crippen LogP contribution in [-0.2, 0) is 9.59 Å². The highest BCUT2D eigenvalue weighted by atomic mass is 16.1. The van der Waals surface area contributed by atoms with Crippen LogP contribution >= 0.6 is 0 Å². The molecule has 0 bridgehead atoms. The largest absolute Gasteiger partial charge is 0.295 e. The Labute approximate surface area is 89.0 Å². The van der Waals surface area contributed by atoms with Crippen LogP contribution in [0.5, 0.6) is 0 Å². The first-order valence-electron chi connectivity index (χ1n) is 4.59. The highest BCUT2D eigenvalue weighted by Crippen LogP contribution is 2.14. The molecular formula is C13H12O2. The molecule has 1 aliphatic rings. The minimum Gasteiger partial charge on any atom is -0.295 e. The maximum absolute atomic E-state index is 10.9. The van der Waals surface area contributed by atoms with Crippen molar-refractivity contribution in [1.82, 2.24) is 0 Å². The first-order valence-corrected chi connectivity index (χ1v) is 4.59. The molecule has 2 heteroatoms. The lowest BCUT2D eigenvalue weighted by Crippen LogP contribution is -1.93. The van der Waals surface area contributed by atoms with Gasteiger partial charge in [-0.25, -0.2) is 0 Å². The van der Waals surface area contributed by atoms with Crippen LogP contribution in [0.3, 0.4) is 0 Å². The molecule has 0 spiro atoms. The van der Waals surface area contributed by atoms with Crippen molar-refractivity contribution in [2.75, 3.05) is 0 Å². The lowest BCUT2D eigenvalue weighted by molar-refractivity contribution is -0.112. The predicted octanol–water partition coefficient (Wildman–Crippen LogP) is 2.31. The van der Waals surface area contributed by atoms with Gasteiger partial charge in [0.2, 0.25) is 0 Å². The monoisotopic (exact) mass is 200 g/mol. The van der Waals surface area contributed by atoms with Gasteiger partial charge in [-0.3, -0.25) is 9.59 Å². The number of ketones is 2. The number of hydrogen-bond acceptors (Lipinski definition) is 2. The summed E-state index contributed by atoms with van der Waals surface area (Å²) in [7, 11) is 0. The highest BCUT2D eigenvalue weighted by Gasteiger charge is 2.01. The smallest absolute Gasteiger partial charge is 0.178 e. The molecule has 2 nitrogen and oxygen atoms in total. The summed E-state index contributed by atoms with van der Waals surface area (Å²) in [4.78, 5) is 21.7. The number of carbonyl (C=O) groups is 2. The van der Waals surface area contributed by atoms with Crippen molar-refractivity contribution in [2.24, 2.45) is 0 Å². The topological polar surface area (TPSA) is 34.1 Å². The normalized spacial score (nSPS) is 14.7. The molecule has 0 saturated heterocycles. The molecule has 0 saturated carbocycles. The third-order valence-corrected chi connectivity index (χ3v) is 1.91. The molecule has 0 atom stereocenters. The SMILES string of the molecule is C=CC(C=CC(C)=O)=C1C=CC(=O)C=C1. The summed E-state index contributed by atoms with van der Waals surface area (Å²) in [5.74, 6) is -0.0486. The molecule has 0 heterocycles. The van der Waals surface area contributed by atoms with Crippen LogP contribution in [0.25, 0.3) is 0 Å². The lowest BCUT2D eigenvalue weighted by atomic mass is 10.0. The van der Waals surface area contributed by atoms with Crippen LogP contribution in [0.2, 0.25) is 0 Å². The molecule has 0 radical (unpaired) electrons. The average molecular weight is 200 g/mol. The van der Waals surface area contributed by atoms with Crippen LogP contribution < -0.4 is 0 Å². The lowest BCUT2D eigenvalue weighted by Gasteiger charge is -2.02. The second-order valence-electron chi connectivity index (χ2n) is 3.13. The van der Waals surface area contributed by atoms with Gasteiger partial charge in [0.15, 0.2) is 11.6 Å². The Morgan fingerprint density at radius 2 is 1.80 bits per heavy atom. The van der Waals surface area contributed by atoms with Gasteiger partial charge in [-0.05, 0) is 36.3 Å². The van der Waals surface area contributed by atoms with Gasteiger partial charge < -0.3 is 0 Å². The first-order chi connectivity index (χ1) is 7.13. The summed E-state index contributed by atoms with van der Waals surface area (Å²) in [6.45, 7) is 5.14. The molecule has 76 valence electrons. The minimum absolute atomic E-state index is 0.0187. The third-order valence-electron chi connectivity index (χ3n) is 1.91. The number of carbonyl (C=O) groups excluding carboxylic acids is 2. The fourth-order valence-corrected chi connectivity index (χ4v) is 1.14. The van der Waals surface area contributed by atoms with Crippen molar-refractivity contribution in [3.8, 4) is 0 Å². The van der Waals surface area contributed by atoms with Crippen LogP contribution in [0.1, 0.15) is 6.92 Å². The third kappa shape index (κ3) is 3.35. The predicted molar refractivity (Wildman–Crippen MR) is 60.3 cm³/mol. The van der Waals surface area contributed by atoms with Gasteiger partial charge in [-0.2, -0.15) is 0 Å². The Hall–Kier alpha value is -1.96. The van der Waals surface area contributed by atoms with E-state index in [0.717, 1.165) is 11.1 Å². The van der Waals surface area contributed by atoms with Crippen LogP contribution in [-0.4, -0.2) is 11.6 Å². The summed E-state index contributed by atoms with van der Waals surface area (Å²) < 4.78 is 0. The quantitative estimate of drug-likeness (QED) is 0.655. The molecule has 0 amide bonds. The van der Waals surface area contributed by atoms with Crippen molar-refractivity contribution in [2.45, 2.75) is 6.92 Å². The van der Waals surface area contributed by atoms with Crippen molar-refractivity contribution >= 4 is 11.6 Å². The van der Waals surface area contributed by atoms with Crippen LogP contribution in [0.4, 0.5) is 0 Å². The molecule has 0 fully saturated rings. The zero-order valence-electron chi connectivity index (χ0n) is 8.57. The molecule has 0 N–H and O–H groups in total. The maximum atomic E-state index is 10.9. The number of rotatable bonds is 3. The van der Waals surface area contributed by atoms with Crippen LogP contribution in [0, 0.1) is 0 Å². The second-order valence-corrected chi connectivity index (χ2v) is 3.13. The van der Waals surface area contributed by atoms with E-state index in [1.807, 2.05) is 0 Å². The van der Waals surface area contributed by atoms with Crippen molar-refractivity contribution < 1.29 is 9.59 Å². The Morgan fingerprint density at radius 3 is 2.27 bits per heavy atom. The Bertz CT molecular complexity index is 400. The second kappa shape index (κ2) is 5.05. The van der Waals surface area contributed by atoms with Crippen molar-refractivity contribution in [3.05, 3.63) is 60.3 Å². The van der Waals surface area contributed by atoms with E-state index >= 15 is 0 Å². The molecule has 0 unspecified atom stereocenters. The fraction of sp³-hybridized carbons (Fsp3) is 0.0769. The van der Waals surface area contributed by atoms with E-state index in [4.69, 9.17) is 0 Å². The molecule has 0 aromatic rings. The van der Waals surface area contributed by atoms with E-state index < -0.39 is 0 Å². The van der Waals surface area contributed by atoms with Gasteiger partial charge >= 0.3 is 0 Å². The van der Waals surface area contributed by atoms with E-state index in [0.29, 0.717) is 0 Å². The summed E-state index contributed by atoms with van der Waals surface area (Å²) >= 11 is 0. The molecule has 0 aromatic carbocycles. The zero-order valence-corrected chi connectivity index (χ0v) is 8.57. The summed E-state index contributed by atoms with van der Waals surface area (Å²) in [6, 6.07) is 0. The van der Waals surface area contributed by atoms with Gasteiger partial charge in [0.05, 0.1) is 0 Å². The zero-order chi connectivity index (χ0) is 11.3. The van der Waals surface area contributed by atoms with E-state index in [1.165, 1.54) is 25.2 Å². The van der Waals surface area contributed by atoms with Gasteiger partial charge in [-0.15, -0.1) is 0 Å². The van der Waals surface area contributed by atoms with E-state index in [1.54, 1.807) is 24.3 Å². The average Bonchev–Trinajstić information content (AvgIpc) is 2.21. The van der Waals surface area contributed by atoms with Gasteiger partial charge in [0.25, 0.3) is 0 Å². The van der Waals surface area contributed by atoms with E-state index in [-0.39, 0.29) is 11.6 Å².